The first-order chi connectivity index (χ1) is 13.9. The summed E-state index contributed by atoms with van der Waals surface area (Å²) in [6.45, 7) is 0. The predicted molar refractivity (Wildman–Crippen MR) is 101 cm³/mol. The fourth-order valence-corrected chi connectivity index (χ4v) is 4.63. The van der Waals surface area contributed by atoms with Crippen molar-refractivity contribution < 1.29 is 24.0 Å². The molecule has 1 N–H and O–H groups in total. The average Bonchev–Trinajstić information content (AvgIpc) is 3.30. The molecule has 10 nitrogen and oxygen atoms in total. The van der Waals surface area contributed by atoms with Gasteiger partial charge in [-0.1, -0.05) is 6.42 Å². The van der Waals surface area contributed by atoms with Crippen molar-refractivity contribution in [3.8, 4) is 5.75 Å². The smallest absolute Gasteiger partial charge is 0.331 e. The van der Waals surface area contributed by atoms with Crippen LogP contribution < -0.4 is 10.1 Å². The molecule has 0 unspecified atom stereocenters. The van der Waals surface area contributed by atoms with Gasteiger partial charge in [0, 0.05) is 24.4 Å². The SMILES string of the molecule is COc1ccc([N+](=O)[O-])cc1N=C[C@@H]1C(=O)NC(=O)N([C@H]2C[C@H]3CC[C@H]2C3)C1=O. The number of rotatable bonds is 5. The number of imide groups is 2. The summed E-state index contributed by atoms with van der Waals surface area (Å²) in [7, 11) is 1.38. The van der Waals surface area contributed by atoms with E-state index in [9.17, 15) is 24.5 Å². The number of amides is 4. The van der Waals surface area contributed by atoms with Crippen LogP contribution in [0.15, 0.2) is 23.2 Å². The first kappa shape index (κ1) is 19.0. The maximum Gasteiger partial charge on any atom is 0.331 e. The van der Waals surface area contributed by atoms with Crippen LogP contribution in [-0.2, 0) is 9.59 Å². The first-order valence-electron chi connectivity index (χ1n) is 9.43. The second kappa shape index (κ2) is 7.26. The zero-order chi connectivity index (χ0) is 20.7. The first-order valence-corrected chi connectivity index (χ1v) is 9.43. The van der Waals surface area contributed by atoms with E-state index in [0.29, 0.717) is 5.92 Å². The predicted octanol–water partition coefficient (Wildman–Crippen LogP) is 2.19. The van der Waals surface area contributed by atoms with Crippen molar-refractivity contribution in [1.29, 1.82) is 0 Å². The summed E-state index contributed by atoms with van der Waals surface area (Å²) in [6.07, 6.45) is 4.97. The highest BCUT2D eigenvalue weighted by atomic mass is 16.6. The Morgan fingerprint density at radius 3 is 2.69 bits per heavy atom. The molecule has 0 spiro atoms. The van der Waals surface area contributed by atoms with Crippen molar-refractivity contribution >= 4 is 35.4 Å². The summed E-state index contributed by atoms with van der Waals surface area (Å²) in [5.74, 6) is -1.59. The number of carbonyl (C=O) groups is 3. The zero-order valence-corrected chi connectivity index (χ0v) is 15.7. The normalized spacial score (nSPS) is 28.9. The topological polar surface area (TPSA) is 131 Å². The number of hydrogen-bond acceptors (Lipinski definition) is 7. The van der Waals surface area contributed by atoms with Crippen molar-refractivity contribution in [2.45, 2.75) is 31.7 Å². The minimum Gasteiger partial charge on any atom is -0.494 e. The Kier molecular flexibility index (Phi) is 4.77. The summed E-state index contributed by atoms with van der Waals surface area (Å²) >= 11 is 0. The fourth-order valence-electron chi connectivity index (χ4n) is 4.63. The van der Waals surface area contributed by atoms with E-state index < -0.39 is 28.7 Å². The lowest BCUT2D eigenvalue weighted by Gasteiger charge is -2.36. The maximum absolute atomic E-state index is 13.0. The maximum atomic E-state index is 13.0. The number of hydrogen-bond donors (Lipinski definition) is 1. The van der Waals surface area contributed by atoms with Crippen LogP contribution in [0.5, 0.6) is 5.75 Å². The molecule has 3 fully saturated rings. The standard InChI is InChI=1S/C19H20N4O6/c1-29-16-5-4-12(23(27)28)8-14(16)20-9-13-17(24)21-19(26)22(18(13)25)15-7-10-2-3-11(15)6-10/h4-5,8-11,13,15H,2-3,6-7H2,1H3,(H,21,24,26)/t10-,11-,13+,15-/m0/s1. The molecular formula is C19H20N4O6. The number of nitrogens with zero attached hydrogens (tertiary/aromatic N) is 3. The summed E-state index contributed by atoms with van der Waals surface area (Å²) in [5.41, 5.74) is -0.0816. The second-order valence-electron chi connectivity index (χ2n) is 7.61. The van der Waals surface area contributed by atoms with E-state index in [0.717, 1.165) is 31.9 Å². The second-order valence-corrected chi connectivity index (χ2v) is 7.61. The van der Waals surface area contributed by atoms with Crippen LogP contribution in [0.2, 0.25) is 0 Å². The lowest BCUT2D eigenvalue weighted by Crippen LogP contribution is -2.62. The van der Waals surface area contributed by atoms with Crippen LogP contribution in [0.3, 0.4) is 0 Å². The molecule has 2 bridgehead atoms. The van der Waals surface area contributed by atoms with Gasteiger partial charge >= 0.3 is 6.03 Å². The molecule has 1 heterocycles. The summed E-state index contributed by atoms with van der Waals surface area (Å²) in [4.78, 5) is 53.3. The van der Waals surface area contributed by atoms with Gasteiger partial charge in [0.1, 0.15) is 11.4 Å². The highest BCUT2D eigenvalue weighted by Crippen LogP contribution is 2.47. The number of nitro groups is 1. The van der Waals surface area contributed by atoms with Crippen molar-refractivity contribution in [2.75, 3.05) is 7.11 Å². The molecule has 0 radical (unpaired) electrons. The monoisotopic (exact) mass is 400 g/mol. The van der Waals surface area contributed by atoms with E-state index in [-0.39, 0.29) is 29.1 Å². The van der Waals surface area contributed by atoms with Gasteiger partial charge in [0.25, 0.3) is 5.69 Å². The minimum atomic E-state index is -1.28. The molecule has 1 aromatic carbocycles. The van der Waals surface area contributed by atoms with E-state index in [1.807, 2.05) is 0 Å². The summed E-state index contributed by atoms with van der Waals surface area (Å²) in [6, 6.07) is 2.97. The number of non-ortho nitro benzene ring substituents is 1. The third-order valence-corrected chi connectivity index (χ3v) is 6.00. The van der Waals surface area contributed by atoms with Crippen LogP contribution in [0.25, 0.3) is 0 Å². The molecule has 10 heteroatoms. The highest BCUT2D eigenvalue weighted by Gasteiger charge is 2.50. The number of carbonyl (C=O) groups excluding carboxylic acids is 3. The number of fused-ring (bicyclic) bond motifs is 2. The van der Waals surface area contributed by atoms with Gasteiger partial charge in [0.2, 0.25) is 11.8 Å². The number of nitrogens with one attached hydrogen (secondary N) is 1. The third-order valence-electron chi connectivity index (χ3n) is 6.00. The molecule has 29 heavy (non-hydrogen) atoms. The number of ether oxygens (including phenoxy) is 1. The molecule has 4 amide bonds. The number of nitro benzene ring substituents is 1. The van der Waals surface area contributed by atoms with Gasteiger partial charge in [0.15, 0.2) is 5.92 Å². The number of aliphatic imine (C=N–C) groups is 1. The lowest BCUT2D eigenvalue weighted by molar-refractivity contribution is -0.384. The Morgan fingerprint density at radius 2 is 2.07 bits per heavy atom. The molecule has 1 aromatic rings. The van der Waals surface area contributed by atoms with Crippen molar-refractivity contribution in [3.05, 3.63) is 28.3 Å². The van der Waals surface area contributed by atoms with Gasteiger partial charge in [-0.3, -0.25) is 34.9 Å². The molecule has 2 saturated carbocycles. The molecule has 1 saturated heterocycles. The Labute approximate surface area is 166 Å². The van der Waals surface area contributed by atoms with Crippen molar-refractivity contribution in [2.24, 2.45) is 22.7 Å². The number of barbiturate groups is 1. The molecule has 1 aliphatic heterocycles. The van der Waals surface area contributed by atoms with Crippen LogP contribution in [0, 0.1) is 27.9 Å². The largest absolute Gasteiger partial charge is 0.494 e. The van der Waals surface area contributed by atoms with Gasteiger partial charge in [0.05, 0.1) is 12.0 Å². The van der Waals surface area contributed by atoms with E-state index in [4.69, 9.17) is 4.74 Å². The highest BCUT2D eigenvalue weighted by molar-refractivity contribution is 6.23. The fraction of sp³-hybridized carbons (Fsp3) is 0.474. The van der Waals surface area contributed by atoms with Gasteiger partial charge < -0.3 is 4.74 Å². The Morgan fingerprint density at radius 1 is 1.28 bits per heavy atom. The van der Waals surface area contributed by atoms with Crippen LogP contribution in [-0.4, -0.2) is 47.0 Å². The number of benzene rings is 1. The molecule has 4 atom stereocenters. The van der Waals surface area contributed by atoms with Crippen molar-refractivity contribution in [1.82, 2.24) is 10.2 Å². The summed E-state index contributed by atoms with van der Waals surface area (Å²) < 4.78 is 5.14. The molecule has 152 valence electrons. The van der Waals surface area contributed by atoms with E-state index in [2.05, 4.69) is 10.3 Å². The summed E-state index contributed by atoms with van der Waals surface area (Å²) in [5, 5.41) is 13.2. The van der Waals surface area contributed by atoms with Gasteiger partial charge in [-0.2, -0.15) is 0 Å². The van der Waals surface area contributed by atoms with Gasteiger partial charge in [-0.15, -0.1) is 0 Å². The van der Waals surface area contributed by atoms with Crippen LogP contribution in [0.4, 0.5) is 16.2 Å². The molecule has 2 aliphatic carbocycles. The Hall–Kier alpha value is -3.30. The number of methoxy groups -OCH3 is 1. The Bertz CT molecular complexity index is 929. The molecular weight excluding hydrogens is 380 g/mol. The zero-order valence-electron chi connectivity index (χ0n) is 15.7. The number of urea groups is 1. The molecule has 3 aliphatic rings. The minimum absolute atomic E-state index is 0.116. The molecule has 4 rings (SSSR count). The Balaban J connectivity index is 1.60. The quantitative estimate of drug-likeness (QED) is 0.349. The van der Waals surface area contributed by atoms with Crippen molar-refractivity contribution in [3.63, 3.8) is 0 Å². The van der Waals surface area contributed by atoms with Gasteiger partial charge in [-0.25, -0.2) is 4.79 Å². The van der Waals surface area contributed by atoms with E-state index in [1.54, 1.807) is 0 Å². The van der Waals surface area contributed by atoms with Crippen LogP contribution >= 0.6 is 0 Å². The van der Waals surface area contributed by atoms with Crippen LogP contribution in [0.1, 0.15) is 25.7 Å². The third kappa shape index (κ3) is 3.34. The molecule has 0 aromatic heterocycles. The average molecular weight is 400 g/mol. The van der Waals surface area contributed by atoms with E-state index >= 15 is 0 Å². The lowest BCUT2D eigenvalue weighted by atomic mass is 9.92. The van der Waals surface area contributed by atoms with Gasteiger partial charge in [-0.05, 0) is 37.2 Å². The van der Waals surface area contributed by atoms with E-state index in [1.165, 1.54) is 30.2 Å².